The standard InChI is InChI=1S/C24H27N7O4/c1-13(32)16-5-2-14(3-6-16)9-25-23-21-20(30-31-23)22(28-12-27-21)24(34)26-10-15-4-7-18-17(8-15)29-19(33)11-35-18/h4,7-8,12,14,16H,2-3,5-6,9-11H2,1H3,(H,26,34)(H,29,33)(H2,25,30,31). The number of amides is 2. The van der Waals surface area contributed by atoms with Gasteiger partial charge in [0.1, 0.15) is 28.9 Å². The average molecular weight is 478 g/mol. The molecule has 5 rings (SSSR count). The van der Waals surface area contributed by atoms with Crippen molar-refractivity contribution in [2.75, 3.05) is 23.8 Å². The second-order valence-corrected chi connectivity index (χ2v) is 9.08. The lowest BCUT2D eigenvalue weighted by molar-refractivity contribution is -0.122. The Hall–Kier alpha value is -4.02. The molecule has 3 heterocycles. The van der Waals surface area contributed by atoms with Crippen molar-refractivity contribution in [3.8, 4) is 5.75 Å². The summed E-state index contributed by atoms with van der Waals surface area (Å²) in [5, 5.41) is 16.1. The summed E-state index contributed by atoms with van der Waals surface area (Å²) in [7, 11) is 0. The van der Waals surface area contributed by atoms with Crippen molar-refractivity contribution in [3.05, 3.63) is 35.8 Å². The SMILES string of the molecule is CC(=O)C1CCC(CNc2n[nH]c3c(C(=O)NCc4ccc5c(c4)NC(=O)CO5)ncnc23)CC1. The molecule has 182 valence electrons. The average Bonchev–Trinajstić information content (AvgIpc) is 3.29. The zero-order valence-electron chi connectivity index (χ0n) is 19.4. The highest BCUT2D eigenvalue weighted by Gasteiger charge is 2.25. The first-order chi connectivity index (χ1) is 17.0. The molecule has 0 atom stereocenters. The number of H-pyrrole nitrogens is 1. The van der Waals surface area contributed by atoms with Crippen LogP contribution in [0.1, 0.15) is 48.7 Å². The number of Topliss-reactive ketones (excluding diaryl/α,β-unsaturated/α-hetero) is 1. The van der Waals surface area contributed by atoms with E-state index < -0.39 is 0 Å². The molecule has 1 saturated carbocycles. The highest BCUT2D eigenvalue weighted by Crippen LogP contribution is 2.30. The number of ketones is 1. The number of aromatic nitrogens is 4. The van der Waals surface area contributed by atoms with Gasteiger partial charge >= 0.3 is 0 Å². The fourth-order valence-electron chi connectivity index (χ4n) is 4.65. The first-order valence-corrected chi connectivity index (χ1v) is 11.7. The number of carbonyl (C=O) groups excluding carboxylic acids is 3. The van der Waals surface area contributed by atoms with Gasteiger partial charge < -0.3 is 20.7 Å². The Morgan fingerprint density at radius 1 is 1.17 bits per heavy atom. The van der Waals surface area contributed by atoms with Gasteiger partial charge in [0.25, 0.3) is 11.8 Å². The number of benzene rings is 1. The molecule has 0 bridgehead atoms. The molecular weight excluding hydrogens is 450 g/mol. The summed E-state index contributed by atoms with van der Waals surface area (Å²) in [6.07, 6.45) is 5.21. The number of carbonyl (C=O) groups is 3. The third-order valence-corrected chi connectivity index (χ3v) is 6.68. The van der Waals surface area contributed by atoms with Gasteiger partial charge in [0.2, 0.25) is 0 Å². The zero-order chi connectivity index (χ0) is 24.4. The summed E-state index contributed by atoms with van der Waals surface area (Å²) < 4.78 is 5.36. The van der Waals surface area contributed by atoms with Gasteiger partial charge in [0.15, 0.2) is 18.1 Å². The van der Waals surface area contributed by atoms with Crippen molar-refractivity contribution >= 4 is 40.1 Å². The molecule has 2 aromatic heterocycles. The summed E-state index contributed by atoms with van der Waals surface area (Å²) >= 11 is 0. The molecule has 3 aromatic rings. The molecule has 1 aliphatic carbocycles. The predicted octanol–water partition coefficient (Wildman–Crippen LogP) is 2.42. The number of fused-ring (bicyclic) bond motifs is 2. The fraction of sp³-hybridized carbons (Fsp3) is 0.417. The first-order valence-electron chi connectivity index (χ1n) is 11.7. The van der Waals surface area contributed by atoms with E-state index >= 15 is 0 Å². The number of nitrogens with zero attached hydrogens (tertiary/aromatic N) is 3. The second-order valence-electron chi connectivity index (χ2n) is 9.08. The van der Waals surface area contributed by atoms with E-state index in [2.05, 4.69) is 36.1 Å². The van der Waals surface area contributed by atoms with E-state index in [0.29, 0.717) is 34.2 Å². The monoisotopic (exact) mass is 477 g/mol. The smallest absolute Gasteiger partial charge is 0.272 e. The number of hydrogen-bond donors (Lipinski definition) is 4. The number of rotatable bonds is 7. The summed E-state index contributed by atoms with van der Waals surface area (Å²) in [6.45, 7) is 2.65. The Balaban J connectivity index is 1.22. The van der Waals surface area contributed by atoms with Crippen LogP contribution in [-0.4, -0.2) is 50.9 Å². The molecule has 4 N–H and O–H groups in total. The van der Waals surface area contributed by atoms with Crippen LogP contribution in [0.2, 0.25) is 0 Å². The maximum atomic E-state index is 12.9. The summed E-state index contributed by atoms with van der Waals surface area (Å²) in [5.74, 6) is 1.54. The number of anilines is 2. The Kier molecular flexibility index (Phi) is 6.30. The molecule has 11 nitrogen and oxygen atoms in total. The van der Waals surface area contributed by atoms with Crippen LogP contribution >= 0.6 is 0 Å². The highest BCUT2D eigenvalue weighted by molar-refractivity contribution is 6.04. The van der Waals surface area contributed by atoms with Crippen molar-refractivity contribution in [2.24, 2.45) is 11.8 Å². The molecule has 0 unspecified atom stereocenters. The summed E-state index contributed by atoms with van der Waals surface area (Å²) in [5.41, 5.74) is 2.60. The predicted molar refractivity (Wildman–Crippen MR) is 128 cm³/mol. The van der Waals surface area contributed by atoms with Crippen molar-refractivity contribution in [1.82, 2.24) is 25.5 Å². The van der Waals surface area contributed by atoms with Gasteiger partial charge in [-0.05, 0) is 56.2 Å². The molecule has 0 radical (unpaired) electrons. The van der Waals surface area contributed by atoms with Gasteiger partial charge in [-0.3, -0.25) is 19.5 Å². The number of ether oxygens (including phenoxy) is 1. The maximum absolute atomic E-state index is 12.9. The normalized spacial score (nSPS) is 19.4. The molecule has 1 aliphatic heterocycles. The lowest BCUT2D eigenvalue weighted by atomic mass is 9.80. The minimum absolute atomic E-state index is 0.00515. The molecule has 2 aliphatic rings. The number of nitrogens with one attached hydrogen (secondary N) is 4. The lowest BCUT2D eigenvalue weighted by Gasteiger charge is -2.27. The topological polar surface area (TPSA) is 151 Å². The number of aromatic amines is 1. The van der Waals surface area contributed by atoms with E-state index in [9.17, 15) is 14.4 Å². The van der Waals surface area contributed by atoms with Crippen LogP contribution in [0.3, 0.4) is 0 Å². The minimum Gasteiger partial charge on any atom is -0.482 e. The second kappa shape index (κ2) is 9.69. The molecule has 2 amide bonds. The van der Waals surface area contributed by atoms with Gasteiger partial charge in [-0.1, -0.05) is 6.07 Å². The largest absolute Gasteiger partial charge is 0.482 e. The van der Waals surface area contributed by atoms with E-state index in [1.54, 1.807) is 19.1 Å². The fourth-order valence-corrected chi connectivity index (χ4v) is 4.65. The van der Waals surface area contributed by atoms with Crippen molar-refractivity contribution in [2.45, 2.75) is 39.2 Å². The Morgan fingerprint density at radius 3 is 2.80 bits per heavy atom. The van der Waals surface area contributed by atoms with Crippen molar-refractivity contribution in [3.63, 3.8) is 0 Å². The lowest BCUT2D eigenvalue weighted by Crippen LogP contribution is -2.26. The third kappa shape index (κ3) is 4.93. The molecule has 1 fully saturated rings. The molecular formula is C24H27N7O4. The highest BCUT2D eigenvalue weighted by atomic mass is 16.5. The van der Waals surface area contributed by atoms with Crippen LogP contribution in [0.15, 0.2) is 24.5 Å². The Morgan fingerprint density at radius 2 is 2.00 bits per heavy atom. The van der Waals surface area contributed by atoms with E-state index in [1.165, 1.54) is 6.33 Å². The van der Waals surface area contributed by atoms with Crippen LogP contribution in [-0.2, 0) is 16.1 Å². The Labute approximate surface area is 201 Å². The molecule has 0 saturated heterocycles. The van der Waals surface area contributed by atoms with Gasteiger partial charge in [-0.25, -0.2) is 9.97 Å². The molecule has 1 aromatic carbocycles. The van der Waals surface area contributed by atoms with Crippen molar-refractivity contribution < 1.29 is 19.1 Å². The van der Waals surface area contributed by atoms with Crippen molar-refractivity contribution in [1.29, 1.82) is 0 Å². The van der Waals surface area contributed by atoms with E-state index in [1.807, 2.05) is 6.07 Å². The first kappa shape index (κ1) is 22.8. The zero-order valence-corrected chi connectivity index (χ0v) is 19.4. The van der Waals surface area contributed by atoms with Crippen LogP contribution in [0.5, 0.6) is 5.75 Å². The van der Waals surface area contributed by atoms with Crippen LogP contribution in [0, 0.1) is 11.8 Å². The van der Waals surface area contributed by atoms with Crippen LogP contribution < -0.4 is 20.7 Å². The van der Waals surface area contributed by atoms with E-state index in [-0.39, 0.29) is 42.4 Å². The van der Waals surface area contributed by atoms with Gasteiger partial charge in [-0.15, -0.1) is 0 Å². The summed E-state index contributed by atoms with van der Waals surface area (Å²) in [6, 6.07) is 5.36. The van der Waals surface area contributed by atoms with E-state index in [0.717, 1.165) is 37.8 Å². The minimum atomic E-state index is -0.367. The summed E-state index contributed by atoms with van der Waals surface area (Å²) in [4.78, 5) is 44.5. The molecule has 35 heavy (non-hydrogen) atoms. The van der Waals surface area contributed by atoms with Gasteiger partial charge in [0.05, 0.1) is 5.69 Å². The molecule has 0 spiro atoms. The van der Waals surface area contributed by atoms with Gasteiger partial charge in [-0.2, -0.15) is 5.10 Å². The van der Waals surface area contributed by atoms with Crippen LogP contribution in [0.25, 0.3) is 11.0 Å². The number of hydrogen-bond acceptors (Lipinski definition) is 8. The van der Waals surface area contributed by atoms with Gasteiger partial charge in [0, 0.05) is 19.0 Å². The Bertz CT molecular complexity index is 1280. The third-order valence-electron chi connectivity index (χ3n) is 6.68. The maximum Gasteiger partial charge on any atom is 0.272 e. The van der Waals surface area contributed by atoms with Crippen LogP contribution in [0.4, 0.5) is 11.5 Å². The quantitative estimate of drug-likeness (QED) is 0.405. The molecule has 11 heteroatoms. The van der Waals surface area contributed by atoms with E-state index in [4.69, 9.17) is 4.74 Å².